The Morgan fingerprint density at radius 1 is 0.585 bits per heavy atom. The third-order valence-corrected chi connectivity index (χ3v) is 17.0. The van der Waals surface area contributed by atoms with Crippen LogP contribution < -0.4 is 15.1 Å². The number of rotatable bonds is 2. The summed E-state index contributed by atoms with van der Waals surface area (Å²) in [5.74, 6) is 0. The highest BCUT2D eigenvalue weighted by molar-refractivity contribution is 7.32. The summed E-state index contributed by atoms with van der Waals surface area (Å²) in [7, 11) is 0. The summed E-state index contributed by atoms with van der Waals surface area (Å²) < 4.78 is 12.6. The van der Waals surface area contributed by atoms with Gasteiger partial charge in [-0.25, -0.2) is 0 Å². The molecule has 65 heavy (non-hydrogen) atoms. The molecule has 3 aliphatic rings. The van der Waals surface area contributed by atoms with E-state index >= 15 is 0 Å². The molecule has 0 saturated carbocycles. The maximum atomic E-state index is 7.14. The first kappa shape index (κ1) is 37.8. The van der Waals surface area contributed by atoms with E-state index < -0.39 is 0 Å². The molecule has 0 saturated heterocycles. The number of hydrogen-bond acceptors (Lipinski definition) is 3. The number of hydrogen-bond donors (Lipinski definition) is 0. The quantitative estimate of drug-likeness (QED) is 0.162. The molecule has 5 heteroatoms. The van der Waals surface area contributed by atoms with Gasteiger partial charge in [0.15, 0.2) is 0 Å². The van der Waals surface area contributed by atoms with E-state index in [1.54, 1.807) is 0 Å². The number of anilines is 3. The Labute approximate surface area is 384 Å². The van der Waals surface area contributed by atoms with Gasteiger partial charge in [-0.15, -0.1) is 11.3 Å². The average molecular weight is 857 g/mol. The topological polar surface area (TPSA) is 21.3 Å². The van der Waals surface area contributed by atoms with Gasteiger partial charge in [0, 0.05) is 75.2 Å². The normalized spacial score (nSPS) is 16.0. The highest BCUT2D eigenvalue weighted by atomic mass is 32.1. The Morgan fingerprint density at radius 3 is 2.09 bits per heavy atom. The molecule has 3 aromatic heterocycles. The van der Waals surface area contributed by atoms with E-state index in [1.165, 1.54) is 122 Å². The molecular formula is C60H49BN2OS. The van der Waals surface area contributed by atoms with E-state index in [2.05, 4.69) is 203 Å². The number of nitrogens with zero attached hydrogens (tertiary/aromatic N) is 2. The fraction of sp³-hybridized carbons (Fsp3) is 0.200. The monoisotopic (exact) mass is 856 g/mol. The van der Waals surface area contributed by atoms with Gasteiger partial charge < -0.3 is 13.8 Å². The van der Waals surface area contributed by atoms with Gasteiger partial charge in [0.2, 0.25) is 0 Å². The first-order valence-electron chi connectivity index (χ1n) is 23.4. The third-order valence-electron chi connectivity index (χ3n) is 15.8. The molecule has 0 fully saturated rings. The van der Waals surface area contributed by atoms with Crippen LogP contribution in [-0.4, -0.2) is 11.3 Å². The highest BCUT2D eigenvalue weighted by Gasteiger charge is 2.48. The molecule has 14 rings (SSSR count). The molecule has 5 heterocycles. The fourth-order valence-electron chi connectivity index (χ4n) is 12.3. The lowest BCUT2D eigenvalue weighted by atomic mass is 9.48. The van der Waals surface area contributed by atoms with Crippen LogP contribution in [-0.2, 0) is 16.2 Å². The summed E-state index contributed by atoms with van der Waals surface area (Å²) in [6.45, 7) is 16.7. The standard InChI is InChI=1S/C60H49BN2OS/c1-58(2,3)36-25-27-47(42(30-36)34-16-9-8-10-17-34)62-48-32-43-38-20-13-14-23-49(38)64-56(43)51-41-22-15-21-39-40-26-24-35-18-11-12-19-37(35)53(40)63(54(39)41)61(52(48)51)57-55(62)44-31-45-46(33-50(44)65-57)60(6,7)29-28-59(45,4)5/h8-27,30-33H,28-29H2,1-7H3. The van der Waals surface area contributed by atoms with Gasteiger partial charge in [-0.3, -0.25) is 0 Å². The second-order valence-corrected chi connectivity index (χ2v) is 22.6. The zero-order valence-corrected chi connectivity index (χ0v) is 38.9. The Bertz CT molecular complexity index is 3890. The second kappa shape index (κ2) is 12.6. The van der Waals surface area contributed by atoms with Gasteiger partial charge >= 0.3 is 6.85 Å². The average Bonchev–Trinajstić information content (AvgIpc) is 3.99. The van der Waals surface area contributed by atoms with E-state index in [0.29, 0.717) is 0 Å². The lowest BCUT2D eigenvalue weighted by Crippen LogP contribution is -2.55. The molecule has 0 amide bonds. The lowest BCUT2D eigenvalue weighted by molar-refractivity contribution is 0.332. The first-order valence-corrected chi connectivity index (χ1v) is 24.2. The van der Waals surface area contributed by atoms with E-state index in [-0.39, 0.29) is 23.1 Å². The van der Waals surface area contributed by atoms with E-state index in [4.69, 9.17) is 4.42 Å². The molecule has 0 spiro atoms. The molecule has 0 atom stereocenters. The molecule has 2 aliphatic heterocycles. The van der Waals surface area contributed by atoms with Crippen LogP contribution in [0.5, 0.6) is 0 Å². The molecule has 0 bridgehead atoms. The van der Waals surface area contributed by atoms with E-state index in [9.17, 15) is 0 Å². The number of para-hydroxylation sites is 2. The molecule has 314 valence electrons. The van der Waals surface area contributed by atoms with Crippen LogP contribution in [0.15, 0.2) is 150 Å². The second-order valence-electron chi connectivity index (χ2n) is 21.5. The van der Waals surface area contributed by atoms with Crippen molar-refractivity contribution in [1.82, 2.24) is 4.48 Å². The molecule has 0 N–H and O–H groups in total. The Balaban J connectivity index is 1.22. The number of thiophene rings is 1. The van der Waals surface area contributed by atoms with Crippen molar-refractivity contribution in [3.63, 3.8) is 0 Å². The van der Waals surface area contributed by atoms with Crippen LogP contribution >= 0.6 is 11.3 Å². The predicted molar refractivity (Wildman–Crippen MR) is 280 cm³/mol. The molecule has 1 aliphatic carbocycles. The van der Waals surface area contributed by atoms with Gasteiger partial charge in [0.05, 0.1) is 11.4 Å². The minimum atomic E-state index is -0.103. The number of fused-ring (bicyclic) bond motifs is 16. The van der Waals surface area contributed by atoms with Crippen molar-refractivity contribution in [1.29, 1.82) is 0 Å². The zero-order chi connectivity index (χ0) is 43.9. The van der Waals surface area contributed by atoms with Gasteiger partial charge in [-0.2, -0.15) is 0 Å². The largest absolute Gasteiger partial charge is 0.455 e. The van der Waals surface area contributed by atoms with Crippen molar-refractivity contribution in [3.8, 4) is 22.3 Å². The van der Waals surface area contributed by atoms with Crippen LogP contribution in [0, 0.1) is 0 Å². The van der Waals surface area contributed by atoms with Gasteiger partial charge in [0.1, 0.15) is 11.2 Å². The van der Waals surface area contributed by atoms with Gasteiger partial charge in [-0.05, 0) is 98.6 Å². The predicted octanol–water partition coefficient (Wildman–Crippen LogP) is 15.8. The van der Waals surface area contributed by atoms with Crippen molar-refractivity contribution in [3.05, 3.63) is 162 Å². The van der Waals surface area contributed by atoms with Crippen molar-refractivity contribution < 1.29 is 4.42 Å². The summed E-state index contributed by atoms with van der Waals surface area (Å²) in [5.41, 5.74) is 18.8. The summed E-state index contributed by atoms with van der Waals surface area (Å²) in [6.07, 6.45) is 2.34. The van der Waals surface area contributed by atoms with Crippen molar-refractivity contribution in [2.24, 2.45) is 0 Å². The lowest BCUT2D eigenvalue weighted by Gasteiger charge is -2.42. The van der Waals surface area contributed by atoms with Crippen LogP contribution in [0.3, 0.4) is 0 Å². The van der Waals surface area contributed by atoms with Crippen molar-refractivity contribution in [2.45, 2.75) is 77.6 Å². The minimum absolute atomic E-state index is 0.0339. The molecular weight excluding hydrogens is 808 g/mol. The molecule has 0 unspecified atom stereocenters. The van der Waals surface area contributed by atoms with Crippen molar-refractivity contribution >= 4 is 110 Å². The summed E-state index contributed by atoms with van der Waals surface area (Å²) in [4.78, 5) is 2.70. The number of aromatic nitrogens is 1. The molecule has 11 aromatic rings. The smallest absolute Gasteiger partial charge is 0.343 e. The summed E-state index contributed by atoms with van der Waals surface area (Å²) in [6, 6.07) is 55.4. The van der Waals surface area contributed by atoms with E-state index in [1.807, 2.05) is 11.3 Å². The van der Waals surface area contributed by atoms with Crippen LogP contribution in [0.4, 0.5) is 17.1 Å². The van der Waals surface area contributed by atoms with Crippen LogP contribution in [0.1, 0.15) is 78.0 Å². The maximum absolute atomic E-state index is 7.14. The highest BCUT2D eigenvalue weighted by Crippen LogP contribution is 2.55. The van der Waals surface area contributed by atoms with Gasteiger partial charge in [-0.1, -0.05) is 158 Å². The minimum Gasteiger partial charge on any atom is -0.455 e. The zero-order valence-electron chi connectivity index (χ0n) is 38.1. The Hall–Kier alpha value is -6.56. The molecule has 3 nitrogen and oxygen atoms in total. The van der Waals surface area contributed by atoms with Crippen LogP contribution in [0.2, 0.25) is 0 Å². The summed E-state index contributed by atoms with van der Waals surface area (Å²) in [5, 5.41) is 8.77. The van der Waals surface area contributed by atoms with Crippen LogP contribution in [0.25, 0.3) is 86.9 Å². The third kappa shape index (κ3) is 4.97. The number of furan rings is 1. The van der Waals surface area contributed by atoms with Crippen molar-refractivity contribution in [2.75, 3.05) is 4.90 Å². The van der Waals surface area contributed by atoms with E-state index in [0.717, 1.165) is 21.9 Å². The van der Waals surface area contributed by atoms with Gasteiger partial charge in [0.25, 0.3) is 0 Å². The SMILES string of the molecule is CC(C)(C)c1ccc(N2c3cc4c(oc5ccccc54)c4c3B(c3sc5cc6c(cc5c32)C(C)(C)CCC6(C)C)n2c3c-4cccc3c3ccc4ccccc4c32)c(-c2ccccc2)c1. The Morgan fingerprint density at radius 2 is 1.29 bits per heavy atom. The fourth-order valence-corrected chi connectivity index (χ4v) is 13.6. The molecule has 8 aromatic carbocycles. The molecule has 0 radical (unpaired) electrons. The summed E-state index contributed by atoms with van der Waals surface area (Å²) >= 11 is 2.01. The number of benzene rings is 8. The Kier molecular flexibility index (Phi) is 7.33. The maximum Gasteiger partial charge on any atom is 0.343 e. The first-order chi connectivity index (χ1) is 31.4.